The van der Waals surface area contributed by atoms with Crippen molar-refractivity contribution in [3.63, 3.8) is 0 Å². The number of anilines is 3. The molecule has 0 unspecified atom stereocenters. The minimum Gasteiger partial charge on any atom is -0.397 e. The monoisotopic (exact) mass is 345 g/mol. The molecule has 0 atom stereocenters. The minimum absolute atomic E-state index is 0.177. The highest BCUT2D eigenvalue weighted by Gasteiger charge is 2.07. The Bertz CT molecular complexity index is 917. The maximum Gasteiger partial charge on any atom is 0.255 e. The van der Waals surface area contributed by atoms with Crippen molar-refractivity contribution in [1.82, 2.24) is 0 Å². The number of hydrogen-bond acceptors (Lipinski definition) is 3. The molecule has 3 rings (SSSR count). The molecular weight excluding hydrogens is 322 g/mol. The molecule has 26 heavy (non-hydrogen) atoms. The Morgan fingerprint density at radius 3 is 2.35 bits per heavy atom. The van der Waals surface area contributed by atoms with E-state index in [4.69, 9.17) is 5.73 Å². The van der Waals surface area contributed by atoms with Gasteiger partial charge in [0, 0.05) is 17.8 Å². The molecular formula is C22H23N3O. The van der Waals surface area contributed by atoms with Crippen LogP contribution in [0.4, 0.5) is 17.1 Å². The zero-order valence-corrected chi connectivity index (χ0v) is 15.0. The molecule has 3 aromatic carbocycles. The number of aryl methyl sites for hydroxylation is 2. The maximum absolute atomic E-state index is 12.3. The summed E-state index contributed by atoms with van der Waals surface area (Å²) in [5.74, 6) is -0.177. The summed E-state index contributed by atoms with van der Waals surface area (Å²) in [7, 11) is 0. The van der Waals surface area contributed by atoms with E-state index < -0.39 is 0 Å². The Labute approximate surface area is 154 Å². The standard InChI is InChI=1S/C22H23N3O/c1-15-7-8-17(13-16(15)2)14-24-19-11-9-18(10-12-19)22(26)25-21-6-4-3-5-20(21)23/h3-13,24H,14,23H2,1-2H3,(H,25,26). The summed E-state index contributed by atoms with van der Waals surface area (Å²) in [5.41, 5.74) is 12.4. The Balaban J connectivity index is 1.61. The molecule has 4 nitrogen and oxygen atoms in total. The number of carbonyl (C=O) groups is 1. The van der Waals surface area contributed by atoms with E-state index in [1.165, 1.54) is 16.7 Å². The Morgan fingerprint density at radius 1 is 0.923 bits per heavy atom. The van der Waals surface area contributed by atoms with Gasteiger partial charge < -0.3 is 16.4 Å². The molecule has 0 aliphatic rings. The van der Waals surface area contributed by atoms with Gasteiger partial charge in [0.15, 0.2) is 0 Å². The second-order valence-electron chi connectivity index (χ2n) is 6.39. The number of nitrogens with one attached hydrogen (secondary N) is 2. The first-order valence-corrected chi connectivity index (χ1v) is 8.59. The molecule has 0 bridgehead atoms. The lowest BCUT2D eigenvalue weighted by atomic mass is 10.1. The Kier molecular flexibility index (Phi) is 5.23. The van der Waals surface area contributed by atoms with E-state index in [0.717, 1.165) is 12.2 Å². The molecule has 0 fully saturated rings. The summed E-state index contributed by atoms with van der Waals surface area (Å²) < 4.78 is 0. The fraction of sp³-hybridized carbons (Fsp3) is 0.136. The fourth-order valence-electron chi connectivity index (χ4n) is 2.66. The Morgan fingerprint density at radius 2 is 1.65 bits per heavy atom. The van der Waals surface area contributed by atoms with E-state index >= 15 is 0 Å². The van der Waals surface area contributed by atoms with Gasteiger partial charge in [-0.1, -0.05) is 30.3 Å². The number of rotatable bonds is 5. The van der Waals surface area contributed by atoms with E-state index in [1.54, 1.807) is 24.3 Å². The predicted molar refractivity (Wildman–Crippen MR) is 108 cm³/mol. The molecule has 1 amide bonds. The van der Waals surface area contributed by atoms with Crippen LogP contribution >= 0.6 is 0 Å². The summed E-state index contributed by atoms with van der Waals surface area (Å²) in [6.07, 6.45) is 0. The van der Waals surface area contributed by atoms with E-state index in [-0.39, 0.29) is 5.91 Å². The van der Waals surface area contributed by atoms with E-state index in [2.05, 4.69) is 42.7 Å². The molecule has 0 heterocycles. The lowest BCUT2D eigenvalue weighted by molar-refractivity contribution is 0.102. The van der Waals surface area contributed by atoms with Gasteiger partial charge in [-0.05, 0) is 66.9 Å². The van der Waals surface area contributed by atoms with Crippen molar-refractivity contribution in [2.45, 2.75) is 20.4 Å². The SMILES string of the molecule is Cc1ccc(CNc2ccc(C(=O)Nc3ccccc3N)cc2)cc1C. The minimum atomic E-state index is -0.177. The number of amides is 1. The van der Waals surface area contributed by atoms with E-state index in [1.807, 2.05) is 24.3 Å². The second-order valence-corrected chi connectivity index (χ2v) is 6.39. The first kappa shape index (κ1) is 17.5. The van der Waals surface area contributed by atoms with Crippen molar-refractivity contribution < 1.29 is 4.79 Å². The quantitative estimate of drug-likeness (QED) is 0.585. The number of hydrogen-bond donors (Lipinski definition) is 3. The van der Waals surface area contributed by atoms with Crippen LogP contribution in [-0.2, 0) is 6.54 Å². The van der Waals surface area contributed by atoms with Gasteiger partial charge >= 0.3 is 0 Å². The average Bonchev–Trinajstić information content (AvgIpc) is 2.65. The van der Waals surface area contributed by atoms with Gasteiger partial charge in [0.05, 0.1) is 11.4 Å². The van der Waals surface area contributed by atoms with Crippen molar-refractivity contribution >= 4 is 23.0 Å². The smallest absolute Gasteiger partial charge is 0.255 e. The zero-order valence-electron chi connectivity index (χ0n) is 15.0. The second kappa shape index (κ2) is 7.74. The van der Waals surface area contributed by atoms with Crippen LogP contribution in [0.5, 0.6) is 0 Å². The highest BCUT2D eigenvalue weighted by atomic mass is 16.1. The molecule has 0 aliphatic heterocycles. The van der Waals surface area contributed by atoms with Crippen LogP contribution in [-0.4, -0.2) is 5.91 Å². The molecule has 4 heteroatoms. The normalized spacial score (nSPS) is 10.4. The first-order chi connectivity index (χ1) is 12.5. The molecule has 0 spiro atoms. The van der Waals surface area contributed by atoms with Crippen LogP contribution in [0.15, 0.2) is 66.7 Å². The molecule has 132 valence electrons. The van der Waals surface area contributed by atoms with Crippen molar-refractivity contribution in [2.75, 3.05) is 16.4 Å². The van der Waals surface area contributed by atoms with E-state index in [9.17, 15) is 4.79 Å². The summed E-state index contributed by atoms with van der Waals surface area (Å²) in [6, 6.07) is 21.1. The van der Waals surface area contributed by atoms with Gasteiger partial charge in [0.1, 0.15) is 0 Å². The van der Waals surface area contributed by atoms with Crippen molar-refractivity contribution in [3.05, 3.63) is 89.0 Å². The van der Waals surface area contributed by atoms with Gasteiger partial charge in [-0.2, -0.15) is 0 Å². The van der Waals surface area contributed by atoms with Crippen LogP contribution < -0.4 is 16.4 Å². The number of para-hydroxylation sites is 2. The number of benzene rings is 3. The molecule has 0 aromatic heterocycles. The van der Waals surface area contributed by atoms with E-state index in [0.29, 0.717) is 16.9 Å². The van der Waals surface area contributed by atoms with Crippen molar-refractivity contribution in [3.8, 4) is 0 Å². The highest BCUT2D eigenvalue weighted by molar-refractivity contribution is 6.05. The first-order valence-electron chi connectivity index (χ1n) is 8.59. The molecule has 4 N–H and O–H groups in total. The van der Waals surface area contributed by atoms with Gasteiger partial charge in [0.2, 0.25) is 0 Å². The maximum atomic E-state index is 12.3. The average molecular weight is 345 g/mol. The fourth-order valence-corrected chi connectivity index (χ4v) is 2.66. The van der Waals surface area contributed by atoms with Crippen LogP contribution in [0, 0.1) is 13.8 Å². The summed E-state index contributed by atoms with van der Waals surface area (Å²) in [6.45, 7) is 4.97. The molecule has 0 radical (unpaired) electrons. The third-order valence-electron chi connectivity index (χ3n) is 4.42. The third kappa shape index (κ3) is 4.22. The zero-order chi connectivity index (χ0) is 18.5. The largest absolute Gasteiger partial charge is 0.397 e. The summed E-state index contributed by atoms with van der Waals surface area (Å²) >= 11 is 0. The summed E-state index contributed by atoms with van der Waals surface area (Å²) in [5, 5.41) is 6.21. The molecule has 0 aliphatic carbocycles. The van der Waals surface area contributed by atoms with Gasteiger partial charge in [-0.3, -0.25) is 4.79 Å². The van der Waals surface area contributed by atoms with Gasteiger partial charge in [0.25, 0.3) is 5.91 Å². The van der Waals surface area contributed by atoms with Crippen molar-refractivity contribution in [1.29, 1.82) is 0 Å². The van der Waals surface area contributed by atoms with Crippen LogP contribution in [0.25, 0.3) is 0 Å². The highest BCUT2D eigenvalue weighted by Crippen LogP contribution is 2.19. The Hall–Kier alpha value is -3.27. The lowest BCUT2D eigenvalue weighted by Gasteiger charge is -2.10. The number of carbonyl (C=O) groups excluding carboxylic acids is 1. The van der Waals surface area contributed by atoms with Crippen LogP contribution in [0.3, 0.4) is 0 Å². The van der Waals surface area contributed by atoms with Gasteiger partial charge in [-0.15, -0.1) is 0 Å². The molecule has 0 saturated carbocycles. The molecule has 0 saturated heterocycles. The summed E-state index contributed by atoms with van der Waals surface area (Å²) in [4.78, 5) is 12.3. The van der Waals surface area contributed by atoms with Gasteiger partial charge in [-0.25, -0.2) is 0 Å². The topological polar surface area (TPSA) is 67.2 Å². The predicted octanol–water partition coefficient (Wildman–Crippen LogP) is 4.75. The van der Waals surface area contributed by atoms with Crippen molar-refractivity contribution in [2.24, 2.45) is 0 Å². The lowest BCUT2D eigenvalue weighted by Crippen LogP contribution is -2.13. The van der Waals surface area contributed by atoms with Crippen LogP contribution in [0.2, 0.25) is 0 Å². The number of nitrogen functional groups attached to an aromatic ring is 1. The molecule has 3 aromatic rings. The van der Waals surface area contributed by atoms with Crippen LogP contribution in [0.1, 0.15) is 27.0 Å². The number of nitrogens with two attached hydrogens (primary N) is 1. The third-order valence-corrected chi connectivity index (χ3v) is 4.42.